The van der Waals surface area contributed by atoms with Gasteiger partial charge in [0, 0.05) is 17.1 Å². The van der Waals surface area contributed by atoms with E-state index in [1.54, 1.807) is 12.1 Å². The summed E-state index contributed by atoms with van der Waals surface area (Å²) in [5, 5.41) is 13.9. The second kappa shape index (κ2) is 4.69. The van der Waals surface area contributed by atoms with Gasteiger partial charge in [-0.3, -0.25) is 0 Å². The molecule has 0 fully saturated rings. The lowest BCUT2D eigenvalue weighted by Crippen LogP contribution is -2.05. The minimum absolute atomic E-state index is 0.0363. The maximum atomic E-state index is 9.45. The van der Waals surface area contributed by atoms with Crippen molar-refractivity contribution in [1.82, 2.24) is 0 Å². The van der Waals surface area contributed by atoms with Gasteiger partial charge in [-0.25, -0.2) is 0 Å². The lowest BCUT2D eigenvalue weighted by Gasteiger charge is -2.12. The third-order valence-corrected chi connectivity index (χ3v) is 3.10. The number of phenols is 1. The van der Waals surface area contributed by atoms with Crippen molar-refractivity contribution >= 4 is 16.7 Å². The molecule has 0 aliphatic rings. The SMILES string of the molecule is CC(Nc1cccc(O)c1)c1cc2ccccc2o1. The fourth-order valence-electron chi connectivity index (χ4n) is 2.13. The Labute approximate surface area is 111 Å². The quantitative estimate of drug-likeness (QED) is 0.731. The van der Waals surface area contributed by atoms with Gasteiger partial charge in [0.15, 0.2) is 0 Å². The van der Waals surface area contributed by atoms with E-state index in [0.29, 0.717) is 0 Å². The molecule has 3 aromatic rings. The Kier molecular flexibility index (Phi) is 2.88. The molecule has 0 amide bonds. The van der Waals surface area contributed by atoms with Gasteiger partial charge in [0.05, 0.1) is 6.04 Å². The van der Waals surface area contributed by atoms with Gasteiger partial charge in [-0.05, 0) is 31.2 Å². The first-order valence-electron chi connectivity index (χ1n) is 6.26. The van der Waals surface area contributed by atoms with Gasteiger partial charge in [-0.15, -0.1) is 0 Å². The van der Waals surface area contributed by atoms with Crippen molar-refractivity contribution in [1.29, 1.82) is 0 Å². The molecule has 3 heteroatoms. The predicted octanol–water partition coefficient (Wildman–Crippen LogP) is 4.31. The topological polar surface area (TPSA) is 45.4 Å². The number of aromatic hydroxyl groups is 1. The molecule has 96 valence electrons. The van der Waals surface area contributed by atoms with Crippen LogP contribution in [-0.4, -0.2) is 5.11 Å². The van der Waals surface area contributed by atoms with E-state index in [-0.39, 0.29) is 11.8 Å². The lowest BCUT2D eigenvalue weighted by molar-refractivity contribution is 0.475. The van der Waals surface area contributed by atoms with Crippen LogP contribution in [0.15, 0.2) is 59.0 Å². The van der Waals surface area contributed by atoms with Crippen molar-refractivity contribution in [2.45, 2.75) is 13.0 Å². The maximum absolute atomic E-state index is 9.45. The number of phenolic OH excluding ortho intramolecular Hbond substituents is 1. The third-order valence-electron chi connectivity index (χ3n) is 3.10. The molecule has 0 radical (unpaired) electrons. The number of fused-ring (bicyclic) bond motifs is 1. The lowest BCUT2D eigenvalue weighted by atomic mass is 10.2. The van der Waals surface area contributed by atoms with Crippen LogP contribution in [0.5, 0.6) is 5.75 Å². The van der Waals surface area contributed by atoms with Crippen molar-refractivity contribution in [3.63, 3.8) is 0 Å². The number of hydrogen-bond donors (Lipinski definition) is 2. The first-order valence-corrected chi connectivity index (χ1v) is 6.26. The van der Waals surface area contributed by atoms with Gasteiger partial charge < -0.3 is 14.8 Å². The molecule has 3 nitrogen and oxygen atoms in total. The first kappa shape index (κ1) is 11.7. The molecule has 1 unspecified atom stereocenters. The fourth-order valence-corrected chi connectivity index (χ4v) is 2.13. The third kappa shape index (κ3) is 2.40. The van der Waals surface area contributed by atoms with E-state index in [2.05, 4.69) is 5.32 Å². The minimum atomic E-state index is 0.0363. The number of rotatable bonds is 3. The Morgan fingerprint density at radius 3 is 2.68 bits per heavy atom. The average molecular weight is 253 g/mol. The Bertz CT molecular complexity index is 670. The van der Waals surface area contributed by atoms with Crippen molar-refractivity contribution in [3.05, 3.63) is 60.4 Å². The minimum Gasteiger partial charge on any atom is -0.508 e. The number of furan rings is 1. The molecule has 0 spiro atoms. The highest BCUT2D eigenvalue weighted by molar-refractivity contribution is 5.77. The summed E-state index contributed by atoms with van der Waals surface area (Å²) in [6, 6.07) is 17.1. The van der Waals surface area contributed by atoms with Crippen molar-refractivity contribution < 1.29 is 9.52 Å². The highest BCUT2D eigenvalue weighted by Crippen LogP contribution is 2.27. The normalized spacial score (nSPS) is 12.5. The van der Waals surface area contributed by atoms with Crippen LogP contribution in [0.4, 0.5) is 5.69 Å². The van der Waals surface area contributed by atoms with Crippen molar-refractivity contribution in [2.24, 2.45) is 0 Å². The van der Waals surface area contributed by atoms with Crippen molar-refractivity contribution in [2.75, 3.05) is 5.32 Å². The summed E-state index contributed by atoms with van der Waals surface area (Å²) in [4.78, 5) is 0. The Balaban J connectivity index is 1.85. The van der Waals surface area contributed by atoms with E-state index in [9.17, 15) is 5.11 Å². The molecule has 0 aliphatic carbocycles. The molecule has 2 aromatic carbocycles. The molecule has 1 heterocycles. The number of hydrogen-bond acceptors (Lipinski definition) is 3. The molecule has 19 heavy (non-hydrogen) atoms. The molecule has 1 atom stereocenters. The van der Waals surface area contributed by atoms with E-state index in [4.69, 9.17) is 4.42 Å². The zero-order chi connectivity index (χ0) is 13.2. The molecular weight excluding hydrogens is 238 g/mol. The van der Waals surface area contributed by atoms with Gasteiger partial charge in [0.1, 0.15) is 17.1 Å². The second-order valence-corrected chi connectivity index (χ2v) is 4.60. The van der Waals surface area contributed by atoms with Gasteiger partial charge in [0.2, 0.25) is 0 Å². The monoisotopic (exact) mass is 253 g/mol. The van der Waals surface area contributed by atoms with E-state index in [1.807, 2.05) is 49.4 Å². The van der Waals surface area contributed by atoms with Crippen LogP contribution < -0.4 is 5.32 Å². The van der Waals surface area contributed by atoms with Gasteiger partial charge in [-0.1, -0.05) is 24.3 Å². The largest absolute Gasteiger partial charge is 0.508 e. The standard InChI is InChI=1S/C16H15NO2/c1-11(17-13-6-4-7-14(18)10-13)16-9-12-5-2-3-8-15(12)19-16/h2-11,17-18H,1H3. The van der Waals surface area contributed by atoms with E-state index >= 15 is 0 Å². The highest BCUT2D eigenvalue weighted by Gasteiger charge is 2.11. The number of benzene rings is 2. The summed E-state index contributed by atoms with van der Waals surface area (Å²) < 4.78 is 5.81. The molecule has 3 rings (SSSR count). The van der Waals surface area contributed by atoms with Gasteiger partial charge in [-0.2, -0.15) is 0 Å². The highest BCUT2D eigenvalue weighted by atomic mass is 16.3. The molecule has 0 aliphatic heterocycles. The second-order valence-electron chi connectivity index (χ2n) is 4.60. The number of anilines is 1. The molecule has 0 saturated carbocycles. The number of para-hydroxylation sites is 1. The van der Waals surface area contributed by atoms with Gasteiger partial charge >= 0.3 is 0 Å². The Morgan fingerprint density at radius 2 is 1.89 bits per heavy atom. The van der Waals surface area contributed by atoms with Crippen LogP contribution >= 0.6 is 0 Å². The summed E-state index contributed by atoms with van der Waals surface area (Å²) in [5.41, 5.74) is 1.76. The van der Waals surface area contributed by atoms with Crippen LogP contribution in [0.1, 0.15) is 18.7 Å². The van der Waals surface area contributed by atoms with Crippen LogP contribution in [0.3, 0.4) is 0 Å². The molecule has 2 N–H and O–H groups in total. The predicted molar refractivity (Wildman–Crippen MR) is 76.4 cm³/mol. The van der Waals surface area contributed by atoms with Crippen LogP contribution in [0, 0.1) is 0 Å². The summed E-state index contributed by atoms with van der Waals surface area (Å²) in [5.74, 6) is 1.13. The summed E-state index contributed by atoms with van der Waals surface area (Å²) in [6.45, 7) is 2.03. The van der Waals surface area contributed by atoms with Crippen LogP contribution in [0.2, 0.25) is 0 Å². The molecular formula is C16H15NO2. The average Bonchev–Trinajstić information content (AvgIpc) is 2.82. The van der Waals surface area contributed by atoms with Crippen LogP contribution in [0.25, 0.3) is 11.0 Å². The first-order chi connectivity index (χ1) is 9.22. The molecule has 1 aromatic heterocycles. The molecule has 0 saturated heterocycles. The summed E-state index contributed by atoms with van der Waals surface area (Å²) >= 11 is 0. The fraction of sp³-hybridized carbons (Fsp3) is 0.125. The maximum Gasteiger partial charge on any atom is 0.134 e. The summed E-state index contributed by atoms with van der Waals surface area (Å²) in [6.07, 6.45) is 0. The van der Waals surface area contributed by atoms with E-state index in [1.165, 1.54) is 0 Å². The van der Waals surface area contributed by atoms with Crippen LogP contribution in [-0.2, 0) is 0 Å². The van der Waals surface area contributed by atoms with E-state index in [0.717, 1.165) is 22.4 Å². The zero-order valence-electron chi connectivity index (χ0n) is 10.6. The summed E-state index contributed by atoms with van der Waals surface area (Å²) in [7, 11) is 0. The number of nitrogens with one attached hydrogen (secondary N) is 1. The van der Waals surface area contributed by atoms with E-state index < -0.39 is 0 Å². The zero-order valence-corrected chi connectivity index (χ0v) is 10.6. The van der Waals surface area contributed by atoms with Gasteiger partial charge in [0.25, 0.3) is 0 Å². The smallest absolute Gasteiger partial charge is 0.134 e. The van der Waals surface area contributed by atoms with Crippen molar-refractivity contribution in [3.8, 4) is 5.75 Å². The Hall–Kier alpha value is -2.42. The molecule has 0 bridgehead atoms. The Morgan fingerprint density at radius 1 is 1.05 bits per heavy atom.